The zero-order valence-corrected chi connectivity index (χ0v) is 10.1. The van der Waals surface area contributed by atoms with Crippen LogP contribution in [0.4, 0.5) is 0 Å². The maximum Gasteiger partial charge on any atom is 0.227 e. The van der Waals surface area contributed by atoms with E-state index in [1.54, 1.807) is 24.3 Å². The molecule has 0 aliphatic heterocycles. The lowest BCUT2D eigenvalue weighted by Crippen LogP contribution is -2.02. The van der Waals surface area contributed by atoms with Crippen LogP contribution < -0.4 is 0 Å². The van der Waals surface area contributed by atoms with Gasteiger partial charge in [-0.3, -0.25) is 4.79 Å². The molecule has 2 aromatic carbocycles. The van der Waals surface area contributed by atoms with Crippen molar-refractivity contribution in [2.75, 3.05) is 0 Å². The molecule has 0 unspecified atom stereocenters. The Bertz CT molecular complexity index is 583. The molecule has 0 amide bonds. The van der Waals surface area contributed by atoms with Gasteiger partial charge in [0, 0.05) is 5.56 Å². The molecule has 2 aromatic rings. The lowest BCUT2D eigenvalue weighted by Gasteiger charge is -2.02. The number of aryl methyl sites for hydroxylation is 1. The van der Waals surface area contributed by atoms with Crippen LogP contribution in [0.3, 0.4) is 0 Å². The second-order valence-electron chi connectivity index (χ2n) is 4.08. The lowest BCUT2D eigenvalue weighted by molar-refractivity contribution is 0.0980. The summed E-state index contributed by atoms with van der Waals surface area (Å²) in [5, 5.41) is 9.86. The summed E-state index contributed by atoms with van der Waals surface area (Å²) in [6, 6.07) is 16.3. The molecule has 0 fully saturated rings. The van der Waals surface area contributed by atoms with Crippen LogP contribution in [0.5, 0.6) is 0 Å². The number of hydrogen-bond acceptors (Lipinski definition) is 2. The fraction of sp³-hybridized carbons (Fsp3) is 0.0625. The Morgan fingerprint density at radius 2 is 1.61 bits per heavy atom. The van der Waals surface area contributed by atoms with E-state index in [1.165, 1.54) is 6.08 Å². The van der Waals surface area contributed by atoms with Crippen LogP contribution in [0.1, 0.15) is 21.5 Å². The maximum absolute atomic E-state index is 11.9. The number of allylic oxidation sites excluding steroid dienone is 1. The van der Waals surface area contributed by atoms with E-state index in [4.69, 9.17) is 0 Å². The number of Topliss-reactive ketones (excluding diaryl/α,β-unsaturated/α-hetero) is 1. The molecule has 0 heterocycles. The minimum Gasteiger partial charge on any atom is -0.504 e. The van der Waals surface area contributed by atoms with E-state index in [0.29, 0.717) is 5.56 Å². The van der Waals surface area contributed by atoms with E-state index in [0.717, 1.165) is 11.1 Å². The summed E-state index contributed by atoms with van der Waals surface area (Å²) in [4.78, 5) is 11.9. The lowest BCUT2D eigenvalue weighted by atomic mass is 10.0. The molecule has 2 heteroatoms. The molecule has 0 aliphatic carbocycles. The zero-order chi connectivity index (χ0) is 13.0. The fourth-order valence-electron chi connectivity index (χ4n) is 1.70. The number of ketones is 1. The van der Waals surface area contributed by atoms with Crippen molar-refractivity contribution >= 4 is 11.9 Å². The highest BCUT2D eigenvalue weighted by Gasteiger charge is 2.10. The molecular formula is C16H14O2. The first-order valence-electron chi connectivity index (χ1n) is 5.74. The Morgan fingerprint density at radius 3 is 2.28 bits per heavy atom. The van der Waals surface area contributed by atoms with E-state index in [2.05, 4.69) is 0 Å². The van der Waals surface area contributed by atoms with E-state index in [1.807, 2.05) is 37.3 Å². The number of carbonyl (C=O) groups is 1. The van der Waals surface area contributed by atoms with Crippen LogP contribution in [0.2, 0.25) is 0 Å². The van der Waals surface area contributed by atoms with Crippen molar-refractivity contribution in [3.05, 3.63) is 77.0 Å². The third kappa shape index (κ3) is 2.66. The fourth-order valence-corrected chi connectivity index (χ4v) is 1.70. The summed E-state index contributed by atoms with van der Waals surface area (Å²) >= 11 is 0. The Kier molecular flexibility index (Phi) is 3.58. The molecule has 0 saturated heterocycles. The summed E-state index contributed by atoms with van der Waals surface area (Å²) in [5.41, 5.74) is 2.35. The summed E-state index contributed by atoms with van der Waals surface area (Å²) < 4.78 is 0. The highest BCUT2D eigenvalue weighted by molar-refractivity contribution is 6.09. The maximum atomic E-state index is 11.9. The van der Waals surface area contributed by atoms with Crippen LogP contribution in [-0.2, 0) is 0 Å². The summed E-state index contributed by atoms with van der Waals surface area (Å²) in [6.45, 7) is 1.94. The van der Waals surface area contributed by atoms with E-state index in [-0.39, 0.29) is 11.5 Å². The first kappa shape index (κ1) is 12.1. The number of rotatable bonds is 3. The van der Waals surface area contributed by atoms with Crippen LogP contribution in [0, 0.1) is 6.92 Å². The summed E-state index contributed by atoms with van der Waals surface area (Å²) in [5.74, 6) is -0.602. The Morgan fingerprint density at radius 1 is 1.00 bits per heavy atom. The summed E-state index contributed by atoms with van der Waals surface area (Å²) in [7, 11) is 0. The van der Waals surface area contributed by atoms with Gasteiger partial charge < -0.3 is 5.11 Å². The van der Waals surface area contributed by atoms with Gasteiger partial charge in [0.2, 0.25) is 5.78 Å². The Labute approximate surface area is 106 Å². The molecule has 0 atom stereocenters. The minimum absolute atomic E-state index is 0.240. The smallest absolute Gasteiger partial charge is 0.227 e. The van der Waals surface area contributed by atoms with Gasteiger partial charge in [-0.25, -0.2) is 0 Å². The van der Waals surface area contributed by atoms with Gasteiger partial charge in [-0.2, -0.15) is 0 Å². The van der Waals surface area contributed by atoms with E-state index >= 15 is 0 Å². The van der Waals surface area contributed by atoms with Gasteiger partial charge in [0.1, 0.15) is 0 Å². The third-order valence-corrected chi connectivity index (χ3v) is 2.75. The predicted molar refractivity (Wildman–Crippen MR) is 72.6 cm³/mol. The largest absolute Gasteiger partial charge is 0.504 e. The second kappa shape index (κ2) is 5.32. The van der Waals surface area contributed by atoms with Crippen molar-refractivity contribution in [1.29, 1.82) is 0 Å². The first-order chi connectivity index (χ1) is 8.68. The second-order valence-corrected chi connectivity index (χ2v) is 4.08. The average molecular weight is 238 g/mol. The predicted octanol–water partition coefficient (Wildman–Crippen LogP) is 3.78. The van der Waals surface area contributed by atoms with Gasteiger partial charge in [-0.15, -0.1) is 0 Å². The highest BCUT2D eigenvalue weighted by Crippen LogP contribution is 2.13. The van der Waals surface area contributed by atoms with E-state index < -0.39 is 0 Å². The molecule has 0 aromatic heterocycles. The topological polar surface area (TPSA) is 37.3 Å². The molecule has 2 nitrogen and oxygen atoms in total. The van der Waals surface area contributed by atoms with Gasteiger partial charge in [-0.1, -0.05) is 54.6 Å². The molecule has 2 rings (SSSR count). The van der Waals surface area contributed by atoms with Crippen molar-refractivity contribution in [1.82, 2.24) is 0 Å². The molecule has 90 valence electrons. The highest BCUT2D eigenvalue weighted by atomic mass is 16.3. The van der Waals surface area contributed by atoms with Crippen molar-refractivity contribution in [2.24, 2.45) is 0 Å². The Hall–Kier alpha value is -2.35. The quantitative estimate of drug-likeness (QED) is 0.502. The molecule has 1 N–H and O–H groups in total. The SMILES string of the molecule is Cc1ccccc1/C=C(/O)C(=O)c1ccccc1. The van der Waals surface area contributed by atoms with Gasteiger partial charge in [0.25, 0.3) is 0 Å². The van der Waals surface area contributed by atoms with Crippen molar-refractivity contribution in [3.8, 4) is 0 Å². The number of benzene rings is 2. The number of carbonyl (C=O) groups excluding carboxylic acids is 1. The van der Waals surface area contributed by atoms with Crippen LogP contribution in [-0.4, -0.2) is 10.9 Å². The van der Waals surface area contributed by atoms with Crippen LogP contribution in [0.15, 0.2) is 60.4 Å². The normalized spacial score (nSPS) is 11.3. The average Bonchev–Trinajstić information content (AvgIpc) is 2.41. The van der Waals surface area contributed by atoms with Gasteiger partial charge in [-0.05, 0) is 24.1 Å². The summed E-state index contributed by atoms with van der Waals surface area (Å²) in [6.07, 6.45) is 1.50. The molecule has 0 radical (unpaired) electrons. The van der Waals surface area contributed by atoms with Crippen molar-refractivity contribution in [3.63, 3.8) is 0 Å². The molecule has 0 spiro atoms. The van der Waals surface area contributed by atoms with Gasteiger partial charge >= 0.3 is 0 Å². The molecule has 18 heavy (non-hydrogen) atoms. The number of aliphatic hydroxyl groups is 1. The monoisotopic (exact) mass is 238 g/mol. The number of hydrogen-bond donors (Lipinski definition) is 1. The molecule has 0 saturated carbocycles. The molecular weight excluding hydrogens is 224 g/mol. The third-order valence-electron chi connectivity index (χ3n) is 2.75. The molecule has 0 bridgehead atoms. The first-order valence-corrected chi connectivity index (χ1v) is 5.74. The van der Waals surface area contributed by atoms with Crippen molar-refractivity contribution < 1.29 is 9.90 Å². The van der Waals surface area contributed by atoms with Gasteiger partial charge in [0.15, 0.2) is 5.76 Å². The van der Waals surface area contributed by atoms with Gasteiger partial charge in [0.05, 0.1) is 0 Å². The standard InChI is InChI=1S/C16H14O2/c1-12-7-5-6-10-14(12)11-15(17)16(18)13-8-3-2-4-9-13/h2-11,17H,1H3/b15-11+. The van der Waals surface area contributed by atoms with Crippen LogP contribution in [0.25, 0.3) is 6.08 Å². The Balaban J connectivity index is 2.30. The molecule has 0 aliphatic rings. The van der Waals surface area contributed by atoms with Crippen LogP contribution >= 0.6 is 0 Å². The van der Waals surface area contributed by atoms with Crippen molar-refractivity contribution in [2.45, 2.75) is 6.92 Å². The number of aliphatic hydroxyl groups excluding tert-OH is 1. The van der Waals surface area contributed by atoms with E-state index in [9.17, 15) is 9.90 Å². The zero-order valence-electron chi connectivity index (χ0n) is 10.1. The minimum atomic E-state index is -0.362.